The van der Waals surface area contributed by atoms with Crippen LogP contribution in [-0.2, 0) is 14.3 Å². The fraction of sp³-hybridized carbons (Fsp3) is 0.273. The van der Waals surface area contributed by atoms with E-state index in [1.807, 2.05) is 12.1 Å². The summed E-state index contributed by atoms with van der Waals surface area (Å²) in [6.07, 6.45) is 6.82. The number of tetrazole rings is 1. The average molecular weight is 656 g/mol. The van der Waals surface area contributed by atoms with Crippen molar-refractivity contribution < 1.29 is 18.7 Å². The predicted molar refractivity (Wildman–Crippen MR) is 173 cm³/mol. The van der Waals surface area contributed by atoms with Gasteiger partial charge in [-0.2, -0.15) is 9.78 Å². The van der Waals surface area contributed by atoms with Gasteiger partial charge in [0.2, 0.25) is 11.8 Å². The molecule has 14 heteroatoms. The van der Waals surface area contributed by atoms with Gasteiger partial charge in [0.05, 0.1) is 30.6 Å². The molecule has 2 saturated heterocycles. The summed E-state index contributed by atoms with van der Waals surface area (Å²) in [7, 11) is 0. The Balaban J connectivity index is 1.26. The number of H-pyrrole nitrogens is 1. The van der Waals surface area contributed by atoms with Gasteiger partial charge in [0.15, 0.2) is 0 Å². The van der Waals surface area contributed by atoms with Crippen molar-refractivity contribution in [1.29, 1.82) is 0 Å². The van der Waals surface area contributed by atoms with Crippen LogP contribution in [0, 0.1) is 5.82 Å². The number of piperidine rings is 1. The molecule has 2 fully saturated rings. The van der Waals surface area contributed by atoms with E-state index in [9.17, 15) is 14.0 Å². The standard InChI is InChI=1S/C33H31ClFN9O3/c34-24-4-9-30(44-20-37-40-41-44)22(15-24)3-10-31(45)43-19-27(42-11-13-47-14-12-42)17-28(21-1-5-25(35)6-2-21)32(43)33(46)38-26-7-8-29-23(16-26)18-36-39-29/h1-10,15-16,18,20,27-28,32H,11-14,17,19H2,(H,36,39)(H,38,46)/b10-3+/t27-,28-,32-/m0/s1. The SMILES string of the molecule is O=C(Nc1ccc2[nH]ncc2c1)[C@@H]1[C@H](c2ccc(F)cc2)C[C@H](N2CCOCC2)CN1C(=O)/C=C/c1cc(Cl)ccc1-n1cnnn1. The zero-order valence-electron chi connectivity index (χ0n) is 25.2. The van der Waals surface area contributed by atoms with E-state index in [1.165, 1.54) is 29.2 Å². The molecule has 0 aliphatic carbocycles. The third kappa shape index (κ3) is 6.64. The van der Waals surface area contributed by atoms with Crippen LogP contribution in [0.1, 0.15) is 23.5 Å². The van der Waals surface area contributed by atoms with Crippen molar-refractivity contribution in [1.82, 2.24) is 40.2 Å². The van der Waals surface area contributed by atoms with Crippen molar-refractivity contribution in [3.05, 3.63) is 101 Å². The Hall–Kier alpha value is -4.98. The second-order valence-electron chi connectivity index (χ2n) is 11.6. The first-order chi connectivity index (χ1) is 22.9. The molecular weight excluding hydrogens is 625 g/mol. The van der Waals surface area contributed by atoms with Gasteiger partial charge < -0.3 is 15.0 Å². The molecule has 0 radical (unpaired) electrons. The van der Waals surface area contributed by atoms with Crippen molar-refractivity contribution in [3.8, 4) is 5.69 Å². The maximum absolute atomic E-state index is 14.3. The van der Waals surface area contributed by atoms with Gasteiger partial charge in [-0.05, 0) is 77.0 Å². The van der Waals surface area contributed by atoms with Crippen LogP contribution in [0.3, 0.4) is 0 Å². The van der Waals surface area contributed by atoms with Crippen molar-refractivity contribution in [2.24, 2.45) is 0 Å². The molecule has 2 aliphatic heterocycles. The zero-order chi connectivity index (χ0) is 32.3. The minimum atomic E-state index is -0.895. The number of likely N-dealkylation sites (tertiary alicyclic amines) is 1. The summed E-state index contributed by atoms with van der Waals surface area (Å²) in [5, 5.41) is 22.7. The Labute approximate surface area is 274 Å². The lowest BCUT2D eigenvalue weighted by atomic mass is 9.80. The lowest BCUT2D eigenvalue weighted by molar-refractivity contribution is -0.140. The Morgan fingerprint density at radius 1 is 1.06 bits per heavy atom. The quantitative estimate of drug-likeness (QED) is 0.251. The Morgan fingerprint density at radius 2 is 1.89 bits per heavy atom. The van der Waals surface area contributed by atoms with Crippen molar-refractivity contribution in [2.75, 3.05) is 38.2 Å². The third-order valence-electron chi connectivity index (χ3n) is 8.76. The summed E-state index contributed by atoms with van der Waals surface area (Å²) in [5.41, 5.74) is 3.42. The summed E-state index contributed by atoms with van der Waals surface area (Å²) in [5.74, 6) is -1.50. The molecule has 2 amide bonds. The minimum Gasteiger partial charge on any atom is -0.379 e. The van der Waals surface area contributed by atoms with Crippen LogP contribution in [0.15, 0.2) is 79.3 Å². The number of aromatic amines is 1. The number of carbonyl (C=O) groups excluding carboxylic acids is 2. The van der Waals surface area contributed by atoms with Crippen LogP contribution in [-0.4, -0.2) is 97.0 Å². The maximum atomic E-state index is 14.3. The summed E-state index contributed by atoms with van der Waals surface area (Å²) in [6.45, 7) is 2.90. The molecule has 4 heterocycles. The molecule has 0 spiro atoms. The predicted octanol–water partition coefficient (Wildman–Crippen LogP) is 4.07. The summed E-state index contributed by atoms with van der Waals surface area (Å²) < 4.78 is 21.2. The van der Waals surface area contributed by atoms with E-state index in [4.69, 9.17) is 16.3 Å². The van der Waals surface area contributed by atoms with Crippen LogP contribution in [0.2, 0.25) is 5.02 Å². The monoisotopic (exact) mass is 655 g/mol. The third-order valence-corrected chi connectivity index (χ3v) is 9.00. The molecule has 5 aromatic rings. The molecule has 0 bridgehead atoms. The average Bonchev–Trinajstić information content (AvgIpc) is 3.80. The second-order valence-corrected chi connectivity index (χ2v) is 12.0. The number of fused-ring (bicyclic) bond motifs is 1. The number of hydrogen-bond acceptors (Lipinski definition) is 8. The summed E-state index contributed by atoms with van der Waals surface area (Å²) in [4.78, 5) is 32.5. The molecular formula is C33H31ClFN9O3. The van der Waals surface area contributed by atoms with Gasteiger partial charge in [0.1, 0.15) is 18.2 Å². The van der Waals surface area contributed by atoms with Crippen molar-refractivity contribution in [3.63, 3.8) is 0 Å². The second kappa shape index (κ2) is 13.4. The highest BCUT2D eigenvalue weighted by Gasteiger charge is 2.44. The van der Waals surface area contributed by atoms with Crippen LogP contribution >= 0.6 is 11.6 Å². The smallest absolute Gasteiger partial charge is 0.247 e. The Kier molecular flexibility index (Phi) is 8.74. The normalized spacial score (nSPS) is 20.6. The van der Waals surface area contributed by atoms with Crippen LogP contribution < -0.4 is 5.32 Å². The van der Waals surface area contributed by atoms with Gasteiger partial charge >= 0.3 is 0 Å². The number of ether oxygens (including phenoxy) is 1. The highest BCUT2D eigenvalue weighted by molar-refractivity contribution is 6.30. The molecule has 12 nitrogen and oxygen atoms in total. The topological polar surface area (TPSA) is 134 Å². The van der Waals surface area contributed by atoms with Crippen LogP contribution in [0.4, 0.5) is 10.1 Å². The zero-order valence-corrected chi connectivity index (χ0v) is 25.9. The van der Waals surface area contributed by atoms with E-state index >= 15 is 0 Å². The first kappa shape index (κ1) is 30.7. The molecule has 7 rings (SSSR count). The number of hydrogen-bond donors (Lipinski definition) is 2. The number of halogens is 2. The summed E-state index contributed by atoms with van der Waals surface area (Å²) >= 11 is 6.32. The van der Waals surface area contributed by atoms with E-state index in [-0.39, 0.29) is 23.7 Å². The van der Waals surface area contributed by atoms with Gasteiger partial charge in [0.25, 0.3) is 0 Å². The lowest BCUT2D eigenvalue weighted by Crippen LogP contribution is -2.61. The number of aromatic nitrogens is 6. The Morgan fingerprint density at radius 3 is 2.68 bits per heavy atom. The van der Waals surface area contributed by atoms with Gasteiger partial charge in [-0.3, -0.25) is 19.6 Å². The molecule has 2 N–H and O–H groups in total. The molecule has 3 aromatic carbocycles. The fourth-order valence-corrected chi connectivity index (χ4v) is 6.65. The first-order valence-corrected chi connectivity index (χ1v) is 15.6. The molecule has 47 heavy (non-hydrogen) atoms. The Bertz CT molecular complexity index is 1910. The van der Waals surface area contributed by atoms with Gasteiger partial charge in [0, 0.05) is 59.3 Å². The van der Waals surface area contributed by atoms with Crippen LogP contribution in [0.25, 0.3) is 22.7 Å². The number of nitrogens with one attached hydrogen (secondary N) is 2. The largest absolute Gasteiger partial charge is 0.379 e. The number of amides is 2. The molecule has 240 valence electrons. The molecule has 3 atom stereocenters. The maximum Gasteiger partial charge on any atom is 0.247 e. The minimum absolute atomic E-state index is 0.0550. The molecule has 0 saturated carbocycles. The number of nitrogens with zero attached hydrogens (tertiary/aromatic N) is 7. The van der Waals surface area contributed by atoms with Gasteiger partial charge in [-0.15, -0.1) is 5.10 Å². The number of rotatable bonds is 7. The molecule has 0 unspecified atom stereocenters. The van der Waals surface area contributed by atoms with Crippen LogP contribution in [0.5, 0.6) is 0 Å². The highest BCUT2D eigenvalue weighted by atomic mass is 35.5. The van der Waals surface area contributed by atoms with E-state index < -0.39 is 12.0 Å². The van der Waals surface area contributed by atoms with E-state index in [1.54, 1.807) is 53.6 Å². The van der Waals surface area contributed by atoms with Crippen molar-refractivity contribution in [2.45, 2.75) is 24.4 Å². The van der Waals surface area contributed by atoms with E-state index in [0.717, 1.165) is 16.5 Å². The number of anilines is 1. The van der Waals surface area contributed by atoms with E-state index in [0.29, 0.717) is 61.2 Å². The highest BCUT2D eigenvalue weighted by Crippen LogP contribution is 2.36. The first-order valence-electron chi connectivity index (χ1n) is 15.3. The van der Waals surface area contributed by atoms with Gasteiger partial charge in [-0.25, -0.2) is 4.39 Å². The molecule has 2 aliphatic rings. The van der Waals surface area contributed by atoms with Crippen molar-refractivity contribution >= 4 is 46.1 Å². The van der Waals surface area contributed by atoms with Gasteiger partial charge in [-0.1, -0.05) is 23.7 Å². The summed E-state index contributed by atoms with van der Waals surface area (Å²) in [6, 6.07) is 15.9. The number of morpholine rings is 1. The molecule has 2 aromatic heterocycles. The lowest BCUT2D eigenvalue weighted by Gasteiger charge is -2.47. The number of carbonyl (C=O) groups is 2. The number of benzene rings is 3. The van der Waals surface area contributed by atoms with E-state index in [2.05, 4.69) is 35.9 Å². The fourth-order valence-electron chi connectivity index (χ4n) is 6.47.